The van der Waals surface area contributed by atoms with Gasteiger partial charge in [-0.1, -0.05) is 32.5 Å². The van der Waals surface area contributed by atoms with Crippen molar-refractivity contribution in [1.29, 1.82) is 0 Å². The van der Waals surface area contributed by atoms with Crippen molar-refractivity contribution in [3.63, 3.8) is 0 Å². The average molecular weight is 209 g/mol. The van der Waals surface area contributed by atoms with Crippen LogP contribution in [0.1, 0.15) is 20.8 Å². The minimum Gasteiger partial charge on any atom is -0.416 e. The number of allylic oxidation sites excluding steroid dienone is 1. The molecular formula is C11H24BNSi. The second kappa shape index (κ2) is 3.44. The molecule has 14 heavy (non-hydrogen) atoms. The molecule has 0 spiro atoms. The highest BCUT2D eigenvalue weighted by atomic mass is 28.3. The third kappa shape index (κ3) is 2.25. The maximum absolute atomic E-state index is 2.51. The van der Waals surface area contributed by atoms with Crippen LogP contribution in [0.25, 0.3) is 0 Å². The lowest BCUT2D eigenvalue weighted by atomic mass is 9.60. The predicted molar refractivity (Wildman–Crippen MR) is 69.4 cm³/mol. The van der Waals surface area contributed by atoms with E-state index in [1.54, 1.807) is 0 Å². The molecule has 0 aromatic heterocycles. The minimum atomic E-state index is -1.04. The van der Waals surface area contributed by atoms with Gasteiger partial charge in [0.15, 0.2) is 0 Å². The van der Waals surface area contributed by atoms with E-state index < -0.39 is 8.07 Å². The number of rotatable bonds is 1. The molecule has 1 nitrogen and oxygen atoms in total. The smallest absolute Gasteiger partial charge is 0.255 e. The van der Waals surface area contributed by atoms with Gasteiger partial charge in [-0.3, -0.25) is 0 Å². The van der Waals surface area contributed by atoms with Gasteiger partial charge in [-0.2, -0.15) is 0 Å². The quantitative estimate of drug-likeness (QED) is 0.597. The summed E-state index contributed by atoms with van der Waals surface area (Å²) in [5, 5.41) is 0. The van der Waals surface area contributed by atoms with Crippen LogP contribution in [0.4, 0.5) is 0 Å². The van der Waals surface area contributed by atoms with E-state index in [1.165, 1.54) is 0 Å². The Morgan fingerprint density at radius 1 is 1.21 bits per heavy atom. The molecule has 0 fully saturated rings. The Hall–Kier alpha value is -0.178. The Balaban J connectivity index is 2.81. The Labute approximate surface area is 90.7 Å². The Bertz CT molecular complexity index is 213. The van der Waals surface area contributed by atoms with Crippen molar-refractivity contribution in [3.05, 3.63) is 12.3 Å². The standard InChI is InChI=1S/C11H24BNSi/c1-11(2,3)13-9-8-10(12(13)4)14(5,6)7/h8-10H,1-7H3. The van der Waals surface area contributed by atoms with E-state index in [9.17, 15) is 0 Å². The van der Waals surface area contributed by atoms with Crippen molar-refractivity contribution in [3.8, 4) is 0 Å². The zero-order valence-electron chi connectivity index (χ0n) is 10.8. The first kappa shape index (κ1) is 11.9. The van der Waals surface area contributed by atoms with Crippen molar-refractivity contribution in [1.82, 2.24) is 4.81 Å². The van der Waals surface area contributed by atoms with Crippen LogP contribution in [-0.4, -0.2) is 25.3 Å². The Morgan fingerprint density at radius 3 is 1.93 bits per heavy atom. The van der Waals surface area contributed by atoms with Gasteiger partial charge in [0.05, 0.1) is 0 Å². The maximum Gasteiger partial charge on any atom is 0.255 e. The summed E-state index contributed by atoms with van der Waals surface area (Å²) in [5.74, 6) is 0. The van der Waals surface area contributed by atoms with E-state index in [0.717, 1.165) is 5.44 Å². The molecule has 1 heterocycles. The van der Waals surface area contributed by atoms with Crippen LogP contribution < -0.4 is 0 Å². The molecule has 1 aliphatic heterocycles. The van der Waals surface area contributed by atoms with Gasteiger partial charge in [0.25, 0.3) is 6.85 Å². The van der Waals surface area contributed by atoms with Crippen LogP contribution in [0.5, 0.6) is 0 Å². The van der Waals surface area contributed by atoms with Crippen molar-refractivity contribution in [2.45, 2.75) is 58.2 Å². The second-order valence-corrected chi connectivity index (χ2v) is 12.0. The Morgan fingerprint density at radius 2 is 1.71 bits per heavy atom. The minimum absolute atomic E-state index is 0.268. The molecule has 0 saturated carbocycles. The SMILES string of the molecule is CB1C([Si](C)(C)C)C=CN1C(C)(C)C. The van der Waals surface area contributed by atoms with Crippen molar-refractivity contribution < 1.29 is 0 Å². The molecule has 0 saturated heterocycles. The third-order valence-corrected chi connectivity index (χ3v) is 5.86. The molecule has 0 bridgehead atoms. The largest absolute Gasteiger partial charge is 0.416 e. The molecule has 0 aromatic carbocycles. The molecular weight excluding hydrogens is 185 g/mol. The second-order valence-electron chi connectivity index (χ2n) is 6.55. The molecule has 0 aliphatic carbocycles. The van der Waals surface area contributed by atoms with E-state index in [-0.39, 0.29) is 5.54 Å². The molecule has 80 valence electrons. The highest BCUT2D eigenvalue weighted by molar-refractivity contribution is 6.89. The van der Waals surface area contributed by atoms with Crippen LogP contribution in [-0.2, 0) is 0 Å². The van der Waals surface area contributed by atoms with Gasteiger partial charge in [-0.05, 0) is 32.4 Å². The molecule has 1 atom stereocenters. The van der Waals surface area contributed by atoms with E-state index in [2.05, 4.69) is 64.3 Å². The third-order valence-electron chi connectivity index (χ3n) is 3.19. The molecule has 0 radical (unpaired) electrons. The lowest BCUT2D eigenvalue weighted by molar-refractivity contribution is 0.327. The number of hydrogen-bond donors (Lipinski definition) is 0. The predicted octanol–water partition coefficient (Wildman–Crippen LogP) is 3.48. The summed E-state index contributed by atoms with van der Waals surface area (Å²) in [6.45, 7) is 17.3. The van der Waals surface area contributed by atoms with Crippen LogP contribution in [0.3, 0.4) is 0 Å². The van der Waals surface area contributed by atoms with Gasteiger partial charge in [0.1, 0.15) is 0 Å². The van der Waals surface area contributed by atoms with Gasteiger partial charge >= 0.3 is 0 Å². The van der Waals surface area contributed by atoms with Crippen LogP contribution in [0, 0.1) is 0 Å². The summed E-state index contributed by atoms with van der Waals surface area (Å²) in [6.07, 6.45) is 4.75. The van der Waals surface area contributed by atoms with Crippen LogP contribution in [0.2, 0.25) is 31.9 Å². The van der Waals surface area contributed by atoms with Crippen molar-refractivity contribution in [2.75, 3.05) is 0 Å². The van der Waals surface area contributed by atoms with E-state index in [1.807, 2.05) is 0 Å². The summed E-state index contributed by atoms with van der Waals surface area (Å²) in [5.41, 5.74) is 1.08. The van der Waals surface area contributed by atoms with Crippen LogP contribution >= 0.6 is 0 Å². The van der Waals surface area contributed by atoms with Gasteiger partial charge in [-0.25, -0.2) is 0 Å². The lowest BCUT2D eigenvalue weighted by Gasteiger charge is -2.39. The fourth-order valence-electron chi connectivity index (χ4n) is 2.50. The number of hydrogen-bond acceptors (Lipinski definition) is 1. The highest BCUT2D eigenvalue weighted by Crippen LogP contribution is 2.36. The van der Waals surface area contributed by atoms with Gasteiger partial charge in [0.2, 0.25) is 0 Å². The molecule has 0 aromatic rings. The zero-order valence-corrected chi connectivity index (χ0v) is 11.8. The molecule has 1 rings (SSSR count). The first-order chi connectivity index (χ1) is 6.14. The molecule has 0 N–H and O–H groups in total. The fraction of sp³-hybridized carbons (Fsp3) is 0.818. The summed E-state index contributed by atoms with van der Waals surface area (Å²) in [6, 6.07) is 0. The monoisotopic (exact) mass is 209 g/mol. The van der Waals surface area contributed by atoms with E-state index in [4.69, 9.17) is 0 Å². The maximum atomic E-state index is 2.51. The zero-order chi connectivity index (χ0) is 11.1. The first-order valence-electron chi connectivity index (χ1n) is 5.61. The van der Waals surface area contributed by atoms with Crippen LogP contribution in [0.15, 0.2) is 12.3 Å². The van der Waals surface area contributed by atoms with E-state index >= 15 is 0 Å². The number of nitrogens with zero attached hydrogens (tertiary/aromatic N) is 1. The van der Waals surface area contributed by atoms with Crippen molar-refractivity contribution in [2.24, 2.45) is 0 Å². The normalized spacial score (nSPS) is 23.5. The molecule has 0 amide bonds. The lowest BCUT2D eigenvalue weighted by Crippen LogP contribution is -2.48. The van der Waals surface area contributed by atoms with Crippen molar-refractivity contribution >= 4 is 14.9 Å². The highest BCUT2D eigenvalue weighted by Gasteiger charge is 2.41. The Kier molecular flexibility index (Phi) is 2.92. The van der Waals surface area contributed by atoms with Gasteiger partial charge in [-0.15, -0.1) is 0 Å². The topological polar surface area (TPSA) is 3.24 Å². The summed E-state index contributed by atoms with van der Waals surface area (Å²) in [4.78, 5) is 2.51. The molecule has 1 unspecified atom stereocenters. The summed E-state index contributed by atoms with van der Waals surface area (Å²) < 4.78 is 0. The summed E-state index contributed by atoms with van der Waals surface area (Å²) >= 11 is 0. The van der Waals surface area contributed by atoms with E-state index in [0.29, 0.717) is 6.85 Å². The molecule has 1 aliphatic rings. The van der Waals surface area contributed by atoms with Gasteiger partial charge < -0.3 is 4.81 Å². The average Bonchev–Trinajstić information content (AvgIpc) is 2.26. The van der Waals surface area contributed by atoms with Gasteiger partial charge in [0, 0.05) is 13.6 Å². The summed E-state index contributed by atoms with van der Waals surface area (Å²) in [7, 11) is -1.04. The first-order valence-corrected chi connectivity index (χ1v) is 9.18. The molecule has 3 heteroatoms. The fourth-order valence-corrected chi connectivity index (χ4v) is 4.77.